The largest absolute Gasteiger partial charge is 0.378 e. The van der Waals surface area contributed by atoms with Crippen LogP contribution in [-0.4, -0.2) is 51.9 Å². The monoisotopic (exact) mass is 369 g/mol. The molecule has 0 radical (unpaired) electrons. The van der Waals surface area contributed by atoms with E-state index in [-0.39, 0.29) is 6.03 Å². The van der Waals surface area contributed by atoms with Crippen molar-refractivity contribution in [2.24, 2.45) is 0 Å². The van der Waals surface area contributed by atoms with Gasteiger partial charge >= 0.3 is 6.03 Å². The number of nitrogens with one attached hydrogen (secondary N) is 2. The van der Waals surface area contributed by atoms with Gasteiger partial charge in [0.1, 0.15) is 0 Å². The van der Waals surface area contributed by atoms with Gasteiger partial charge in [-0.05, 0) is 50.3 Å². The molecular formula is C17H27N3O4S. The lowest BCUT2D eigenvalue weighted by Crippen LogP contribution is -2.32. The number of anilines is 2. The van der Waals surface area contributed by atoms with Crippen LogP contribution in [-0.2, 0) is 14.8 Å². The van der Waals surface area contributed by atoms with Crippen LogP contribution in [0, 0.1) is 6.92 Å². The van der Waals surface area contributed by atoms with E-state index in [9.17, 15) is 13.2 Å². The summed E-state index contributed by atoms with van der Waals surface area (Å²) in [6.45, 7) is 3.35. The van der Waals surface area contributed by atoms with Crippen LogP contribution in [0.3, 0.4) is 0 Å². The van der Waals surface area contributed by atoms with Gasteiger partial charge < -0.3 is 15.0 Å². The molecule has 8 heteroatoms. The van der Waals surface area contributed by atoms with Crippen molar-refractivity contribution in [2.45, 2.75) is 38.7 Å². The molecule has 1 atom stereocenters. The summed E-state index contributed by atoms with van der Waals surface area (Å²) in [5.41, 5.74) is 1.87. The first-order chi connectivity index (χ1) is 11.7. The first-order valence-corrected chi connectivity index (χ1v) is 10.4. The number of urea groups is 1. The van der Waals surface area contributed by atoms with Crippen LogP contribution in [0.25, 0.3) is 0 Å². The third kappa shape index (κ3) is 6.55. The van der Waals surface area contributed by atoms with Gasteiger partial charge in [-0.25, -0.2) is 13.2 Å². The van der Waals surface area contributed by atoms with Gasteiger partial charge in [0.25, 0.3) is 0 Å². The number of carbonyl (C=O) groups excluding carboxylic acids is 1. The maximum absolute atomic E-state index is 12.3. The molecule has 1 fully saturated rings. The second kappa shape index (κ2) is 8.53. The highest BCUT2D eigenvalue weighted by Crippen LogP contribution is 2.21. The van der Waals surface area contributed by atoms with Crippen molar-refractivity contribution in [3.05, 3.63) is 23.8 Å². The number of benzene rings is 1. The fourth-order valence-electron chi connectivity index (χ4n) is 2.77. The molecule has 1 heterocycles. The Morgan fingerprint density at radius 2 is 2.16 bits per heavy atom. The van der Waals surface area contributed by atoms with Crippen LogP contribution in [0.5, 0.6) is 0 Å². The maximum atomic E-state index is 12.3. The van der Waals surface area contributed by atoms with E-state index in [1.165, 1.54) is 0 Å². The molecule has 0 aromatic heterocycles. The van der Waals surface area contributed by atoms with Crippen LogP contribution < -0.4 is 10.0 Å². The van der Waals surface area contributed by atoms with E-state index in [0.29, 0.717) is 24.0 Å². The van der Waals surface area contributed by atoms with Crippen LogP contribution in [0.1, 0.15) is 31.2 Å². The Morgan fingerprint density at radius 3 is 2.80 bits per heavy atom. The minimum Gasteiger partial charge on any atom is -0.378 e. The SMILES string of the molecule is Cc1ccc(NS(C)(=O)=O)cc1NC(=O)N(C)CCC[C@H]1CCCO1. The van der Waals surface area contributed by atoms with Crippen molar-refractivity contribution < 1.29 is 17.9 Å². The fraction of sp³-hybridized carbons (Fsp3) is 0.588. The average molecular weight is 369 g/mol. The second-order valence-corrected chi connectivity index (χ2v) is 8.28. The molecule has 25 heavy (non-hydrogen) atoms. The molecule has 2 amide bonds. The number of aryl methyl sites for hydroxylation is 1. The topological polar surface area (TPSA) is 87.7 Å². The number of sulfonamides is 1. The van der Waals surface area contributed by atoms with Crippen LogP contribution in [0.2, 0.25) is 0 Å². The molecule has 7 nitrogen and oxygen atoms in total. The predicted molar refractivity (Wildman–Crippen MR) is 99.5 cm³/mol. The average Bonchev–Trinajstić information content (AvgIpc) is 3.02. The number of carbonyl (C=O) groups is 1. The Hall–Kier alpha value is -1.80. The van der Waals surface area contributed by atoms with Crippen molar-refractivity contribution in [2.75, 3.05) is 36.5 Å². The van der Waals surface area contributed by atoms with Gasteiger partial charge in [0.05, 0.1) is 18.0 Å². The highest BCUT2D eigenvalue weighted by Gasteiger charge is 2.16. The molecule has 1 saturated heterocycles. The van der Waals surface area contributed by atoms with E-state index >= 15 is 0 Å². The third-order valence-electron chi connectivity index (χ3n) is 4.17. The zero-order valence-corrected chi connectivity index (χ0v) is 15.9. The number of rotatable bonds is 7. The first-order valence-electron chi connectivity index (χ1n) is 8.47. The molecule has 0 aliphatic carbocycles. The third-order valence-corrected chi connectivity index (χ3v) is 4.78. The van der Waals surface area contributed by atoms with Gasteiger partial charge in [0, 0.05) is 25.9 Å². The molecular weight excluding hydrogens is 342 g/mol. The molecule has 0 unspecified atom stereocenters. The summed E-state index contributed by atoms with van der Waals surface area (Å²) in [5.74, 6) is 0. The molecule has 2 rings (SSSR count). The zero-order valence-electron chi connectivity index (χ0n) is 15.0. The van der Waals surface area contributed by atoms with E-state index < -0.39 is 10.0 Å². The van der Waals surface area contributed by atoms with Crippen LogP contribution in [0.15, 0.2) is 18.2 Å². The van der Waals surface area contributed by atoms with E-state index in [0.717, 1.165) is 44.1 Å². The first kappa shape index (κ1) is 19.5. The van der Waals surface area contributed by atoms with Crippen molar-refractivity contribution >= 4 is 27.4 Å². The Morgan fingerprint density at radius 1 is 1.40 bits per heavy atom. The molecule has 1 aromatic carbocycles. The van der Waals surface area contributed by atoms with Crippen LogP contribution >= 0.6 is 0 Å². The quantitative estimate of drug-likeness (QED) is 0.774. The lowest BCUT2D eigenvalue weighted by atomic mass is 10.1. The van der Waals surface area contributed by atoms with Gasteiger partial charge in [-0.2, -0.15) is 0 Å². The van der Waals surface area contributed by atoms with Gasteiger partial charge in [-0.3, -0.25) is 4.72 Å². The Balaban J connectivity index is 1.88. The smallest absolute Gasteiger partial charge is 0.321 e. The van der Waals surface area contributed by atoms with Gasteiger partial charge in [0.15, 0.2) is 0 Å². The highest BCUT2D eigenvalue weighted by atomic mass is 32.2. The normalized spacial score (nSPS) is 17.3. The summed E-state index contributed by atoms with van der Waals surface area (Å²) in [6.07, 6.45) is 5.51. The summed E-state index contributed by atoms with van der Waals surface area (Å²) in [7, 11) is -1.61. The minimum atomic E-state index is -3.36. The molecule has 2 N–H and O–H groups in total. The minimum absolute atomic E-state index is 0.216. The summed E-state index contributed by atoms with van der Waals surface area (Å²) >= 11 is 0. The molecule has 0 spiro atoms. The number of hydrogen-bond acceptors (Lipinski definition) is 4. The lowest BCUT2D eigenvalue weighted by Gasteiger charge is -2.20. The van der Waals surface area contributed by atoms with E-state index in [1.807, 2.05) is 6.92 Å². The number of hydrogen-bond donors (Lipinski definition) is 2. The van der Waals surface area contributed by atoms with Crippen LogP contribution in [0.4, 0.5) is 16.2 Å². The number of ether oxygens (including phenoxy) is 1. The van der Waals surface area contributed by atoms with E-state index in [1.54, 1.807) is 30.1 Å². The predicted octanol–water partition coefficient (Wildman–Crippen LogP) is 2.79. The Labute approximate surface area is 149 Å². The number of amides is 2. The molecule has 0 bridgehead atoms. The molecule has 1 aliphatic heterocycles. The standard InChI is InChI=1S/C17H27N3O4S/c1-13-8-9-14(19-25(3,22)23)12-16(13)18-17(21)20(2)10-4-6-15-7-5-11-24-15/h8-9,12,15,19H,4-7,10-11H2,1-3H3,(H,18,21)/t15-/m0/s1. The van der Waals surface area contributed by atoms with Crippen molar-refractivity contribution in [1.29, 1.82) is 0 Å². The summed E-state index contributed by atoms with van der Waals surface area (Å²) in [6, 6.07) is 4.83. The van der Waals surface area contributed by atoms with Crippen molar-refractivity contribution in [1.82, 2.24) is 4.90 Å². The summed E-state index contributed by atoms with van der Waals surface area (Å²) < 4.78 is 30.7. The van der Waals surface area contributed by atoms with Crippen molar-refractivity contribution in [3.63, 3.8) is 0 Å². The van der Waals surface area contributed by atoms with Gasteiger partial charge in [-0.1, -0.05) is 6.07 Å². The fourth-order valence-corrected chi connectivity index (χ4v) is 3.33. The maximum Gasteiger partial charge on any atom is 0.321 e. The van der Waals surface area contributed by atoms with Crippen molar-refractivity contribution in [3.8, 4) is 0 Å². The number of nitrogens with zero attached hydrogens (tertiary/aromatic N) is 1. The van der Waals surface area contributed by atoms with Gasteiger partial charge in [0.2, 0.25) is 10.0 Å². The second-order valence-electron chi connectivity index (χ2n) is 6.53. The van der Waals surface area contributed by atoms with E-state index in [4.69, 9.17) is 4.74 Å². The highest BCUT2D eigenvalue weighted by molar-refractivity contribution is 7.92. The molecule has 1 aromatic rings. The summed E-state index contributed by atoms with van der Waals surface area (Å²) in [5, 5.41) is 2.84. The van der Waals surface area contributed by atoms with E-state index in [2.05, 4.69) is 10.0 Å². The zero-order chi connectivity index (χ0) is 18.4. The molecule has 140 valence electrons. The Kier molecular flexibility index (Phi) is 6.66. The summed E-state index contributed by atoms with van der Waals surface area (Å²) in [4.78, 5) is 14.0. The Bertz CT molecular complexity index is 700. The molecule has 1 aliphatic rings. The molecule has 0 saturated carbocycles. The van der Waals surface area contributed by atoms with Gasteiger partial charge in [-0.15, -0.1) is 0 Å². The lowest BCUT2D eigenvalue weighted by molar-refractivity contribution is 0.101.